The number of nitrogens with one attached hydrogen (secondary N) is 1. The first-order valence-corrected chi connectivity index (χ1v) is 3.21. The second kappa shape index (κ2) is 2.70. The highest BCUT2D eigenvalue weighted by Crippen LogP contribution is 1.94. The monoisotopic (exact) mass is 125 g/mol. The minimum atomic E-state index is 0.471. The molecular weight excluding hydrogens is 114 g/mol. The molecule has 1 aliphatic rings. The number of hydrogen-bond acceptors (Lipinski definition) is 3. The van der Waals surface area contributed by atoms with Gasteiger partial charge in [-0.25, -0.2) is 0 Å². The molecule has 3 heteroatoms. The van der Waals surface area contributed by atoms with Crippen LogP contribution in [-0.4, -0.2) is 30.6 Å². The summed E-state index contributed by atoms with van der Waals surface area (Å²) in [5, 5.41) is 11.7. The van der Waals surface area contributed by atoms with Crippen molar-refractivity contribution in [1.82, 2.24) is 10.2 Å². The second-order valence-electron chi connectivity index (χ2n) is 2.40. The van der Waals surface area contributed by atoms with Crippen LogP contribution in [0.4, 0.5) is 0 Å². The van der Waals surface area contributed by atoms with Gasteiger partial charge in [-0.3, -0.25) is 0 Å². The van der Waals surface area contributed by atoms with Gasteiger partial charge in [0.05, 0.1) is 0 Å². The summed E-state index contributed by atoms with van der Waals surface area (Å²) in [6, 6.07) is 0.471. The summed E-state index contributed by atoms with van der Waals surface area (Å²) >= 11 is 0. The van der Waals surface area contributed by atoms with Crippen LogP contribution in [0.25, 0.3) is 0 Å². The van der Waals surface area contributed by atoms with Gasteiger partial charge in [0, 0.05) is 25.7 Å². The van der Waals surface area contributed by atoms with Gasteiger partial charge in [-0.2, -0.15) is 5.26 Å². The minimum absolute atomic E-state index is 0.471. The highest BCUT2D eigenvalue weighted by Gasteiger charge is 2.12. The highest BCUT2D eigenvalue weighted by molar-refractivity contribution is 4.82. The number of rotatable bonds is 0. The van der Waals surface area contributed by atoms with E-state index in [1.54, 1.807) is 4.90 Å². The second-order valence-corrected chi connectivity index (χ2v) is 2.40. The van der Waals surface area contributed by atoms with Crippen LogP contribution in [-0.2, 0) is 0 Å². The Bertz CT molecular complexity index is 127. The zero-order valence-electron chi connectivity index (χ0n) is 5.59. The largest absolute Gasteiger partial charge is 0.311 e. The van der Waals surface area contributed by atoms with Gasteiger partial charge in [0.25, 0.3) is 0 Å². The number of piperazine rings is 1. The lowest BCUT2D eigenvalue weighted by Gasteiger charge is -2.27. The van der Waals surface area contributed by atoms with Gasteiger partial charge in [0.15, 0.2) is 6.19 Å². The first kappa shape index (κ1) is 6.37. The van der Waals surface area contributed by atoms with E-state index in [-0.39, 0.29) is 0 Å². The van der Waals surface area contributed by atoms with Gasteiger partial charge in [-0.05, 0) is 6.92 Å². The average Bonchev–Trinajstić information content (AvgIpc) is 1.88. The average molecular weight is 125 g/mol. The maximum Gasteiger partial charge on any atom is 0.179 e. The Morgan fingerprint density at radius 1 is 1.78 bits per heavy atom. The molecule has 9 heavy (non-hydrogen) atoms. The summed E-state index contributed by atoms with van der Waals surface area (Å²) in [4.78, 5) is 1.78. The van der Waals surface area contributed by atoms with E-state index in [0.29, 0.717) is 6.04 Å². The third kappa shape index (κ3) is 1.58. The van der Waals surface area contributed by atoms with E-state index in [4.69, 9.17) is 5.26 Å². The fourth-order valence-corrected chi connectivity index (χ4v) is 1.02. The molecule has 0 aromatic rings. The van der Waals surface area contributed by atoms with Crippen molar-refractivity contribution in [2.24, 2.45) is 0 Å². The smallest absolute Gasteiger partial charge is 0.179 e. The molecule has 0 aromatic heterocycles. The van der Waals surface area contributed by atoms with Crippen molar-refractivity contribution in [3.8, 4) is 6.19 Å². The summed E-state index contributed by atoms with van der Waals surface area (Å²) < 4.78 is 0. The molecule has 0 aliphatic carbocycles. The molecule has 0 saturated carbocycles. The van der Waals surface area contributed by atoms with Crippen molar-refractivity contribution >= 4 is 0 Å². The number of hydrogen-bond donors (Lipinski definition) is 1. The molecule has 1 unspecified atom stereocenters. The number of nitriles is 1. The van der Waals surface area contributed by atoms with Crippen molar-refractivity contribution in [3.05, 3.63) is 0 Å². The van der Waals surface area contributed by atoms with Crippen molar-refractivity contribution < 1.29 is 0 Å². The Hall–Kier alpha value is -0.750. The number of nitrogens with zero attached hydrogens (tertiary/aromatic N) is 2. The highest BCUT2D eigenvalue weighted by atomic mass is 15.2. The van der Waals surface area contributed by atoms with Gasteiger partial charge >= 0.3 is 0 Å². The fraction of sp³-hybridized carbons (Fsp3) is 0.833. The lowest BCUT2D eigenvalue weighted by molar-refractivity contribution is 0.287. The van der Waals surface area contributed by atoms with Crippen LogP contribution in [0.15, 0.2) is 0 Å². The van der Waals surface area contributed by atoms with Gasteiger partial charge in [-0.15, -0.1) is 0 Å². The van der Waals surface area contributed by atoms with Crippen LogP contribution >= 0.6 is 0 Å². The molecule has 0 bridgehead atoms. The molecule has 1 rings (SSSR count). The summed E-state index contributed by atoms with van der Waals surface area (Å²) in [7, 11) is 0. The Morgan fingerprint density at radius 2 is 2.56 bits per heavy atom. The molecule has 50 valence electrons. The summed E-state index contributed by atoms with van der Waals surface area (Å²) in [5.74, 6) is 0. The standard InChI is InChI=1S/C6H11N3/c1-6-4-9(5-7)3-2-8-6/h6,8H,2-4H2,1H3. The van der Waals surface area contributed by atoms with Gasteiger partial charge < -0.3 is 10.2 Å². The van der Waals surface area contributed by atoms with Gasteiger partial charge in [0.2, 0.25) is 0 Å². The van der Waals surface area contributed by atoms with E-state index in [1.807, 2.05) is 0 Å². The summed E-state index contributed by atoms with van der Waals surface area (Å²) in [5.41, 5.74) is 0. The molecule has 0 radical (unpaired) electrons. The Labute approximate surface area is 55.3 Å². The third-order valence-corrected chi connectivity index (χ3v) is 1.51. The van der Waals surface area contributed by atoms with Crippen LogP contribution < -0.4 is 5.32 Å². The molecule has 1 fully saturated rings. The quantitative estimate of drug-likeness (QED) is 0.454. The van der Waals surface area contributed by atoms with Crippen molar-refractivity contribution in [3.63, 3.8) is 0 Å². The molecule has 1 heterocycles. The molecular formula is C6H11N3. The Morgan fingerprint density at radius 3 is 3.00 bits per heavy atom. The predicted octanol–water partition coefficient (Wildman–Crippen LogP) is -0.239. The maximum absolute atomic E-state index is 8.46. The normalized spacial score (nSPS) is 27.6. The van der Waals surface area contributed by atoms with Crippen LogP contribution in [0, 0.1) is 11.5 Å². The van der Waals surface area contributed by atoms with Crippen LogP contribution in [0.2, 0.25) is 0 Å². The molecule has 0 aromatic carbocycles. The molecule has 3 nitrogen and oxygen atoms in total. The van der Waals surface area contributed by atoms with E-state index in [1.165, 1.54) is 0 Å². The first-order valence-electron chi connectivity index (χ1n) is 3.21. The first-order chi connectivity index (χ1) is 4.33. The van der Waals surface area contributed by atoms with Crippen LogP contribution in [0.5, 0.6) is 0 Å². The molecule has 1 saturated heterocycles. The third-order valence-electron chi connectivity index (χ3n) is 1.51. The minimum Gasteiger partial charge on any atom is -0.311 e. The summed E-state index contributed by atoms with van der Waals surface area (Å²) in [6.07, 6.45) is 2.13. The van der Waals surface area contributed by atoms with Crippen molar-refractivity contribution in [2.45, 2.75) is 13.0 Å². The molecule has 1 aliphatic heterocycles. The van der Waals surface area contributed by atoms with Crippen LogP contribution in [0.1, 0.15) is 6.92 Å². The van der Waals surface area contributed by atoms with Gasteiger partial charge in [0.1, 0.15) is 0 Å². The van der Waals surface area contributed by atoms with Gasteiger partial charge in [-0.1, -0.05) is 0 Å². The van der Waals surface area contributed by atoms with Crippen LogP contribution in [0.3, 0.4) is 0 Å². The van der Waals surface area contributed by atoms with Crippen molar-refractivity contribution in [2.75, 3.05) is 19.6 Å². The van der Waals surface area contributed by atoms with E-state index in [0.717, 1.165) is 19.6 Å². The Kier molecular flexibility index (Phi) is 1.91. The SMILES string of the molecule is CC1CN(C#N)CCN1. The fourth-order valence-electron chi connectivity index (χ4n) is 1.02. The molecule has 0 amide bonds. The topological polar surface area (TPSA) is 39.1 Å². The zero-order chi connectivity index (χ0) is 6.69. The summed E-state index contributed by atoms with van der Waals surface area (Å²) in [6.45, 7) is 4.75. The molecule has 1 atom stereocenters. The lowest BCUT2D eigenvalue weighted by Crippen LogP contribution is -2.47. The van der Waals surface area contributed by atoms with E-state index >= 15 is 0 Å². The molecule has 0 spiro atoms. The maximum atomic E-state index is 8.46. The predicted molar refractivity (Wildman–Crippen MR) is 34.7 cm³/mol. The molecule has 1 N–H and O–H groups in total. The lowest BCUT2D eigenvalue weighted by atomic mass is 10.2. The zero-order valence-corrected chi connectivity index (χ0v) is 5.59. The van der Waals surface area contributed by atoms with E-state index < -0.39 is 0 Å². The van der Waals surface area contributed by atoms with E-state index in [2.05, 4.69) is 18.4 Å². The van der Waals surface area contributed by atoms with Crippen molar-refractivity contribution in [1.29, 1.82) is 5.26 Å². The van der Waals surface area contributed by atoms with E-state index in [9.17, 15) is 0 Å². The Balaban J connectivity index is 2.34.